The van der Waals surface area contributed by atoms with Crippen LogP contribution in [0.2, 0.25) is 0 Å². The first-order chi connectivity index (χ1) is 15.9. The molecule has 0 aliphatic carbocycles. The van der Waals surface area contributed by atoms with Gasteiger partial charge in [0.2, 0.25) is 0 Å². The van der Waals surface area contributed by atoms with E-state index in [-0.39, 0.29) is 22.2 Å². The van der Waals surface area contributed by atoms with E-state index in [1.54, 1.807) is 30.3 Å². The number of para-hydroxylation sites is 1. The Kier molecular flexibility index (Phi) is 6.61. The number of thiocarbonyl (C=S) groups is 1. The minimum Gasteiger partial charge on any atom is -0.504 e. The number of ether oxygens (including phenoxy) is 2. The Bertz CT molecular complexity index is 1280. The highest BCUT2D eigenvalue weighted by Gasteiger charge is 2.34. The van der Waals surface area contributed by atoms with E-state index in [9.17, 15) is 14.7 Å². The minimum atomic E-state index is -0.604. The quantitative estimate of drug-likeness (QED) is 0.201. The maximum Gasteiger partial charge on any atom is 0.270 e. The van der Waals surface area contributed by atoms with Crippen molar-refractivity contribution < 1.29 is 24.2 Å². The summed E-state index contributed by atoms with van der Waals surface area (Å²) in [6.07, 6.45) is 1.43. The van der Waals surface area contributed by atoms with Gasteiger partial charge in [0.15, 0.2) is 16.6 Å². The highest BCUT2D eigenvalue weighted by molar-refractivity contribution is 14.1. The second kappa shape index (κ2) is 9.59. The predicted molar refractivity (Wildman–Crippen MR) is 137 cm³/mol. The number of nitrogens with zero attached hydrogens (tertiary/aromatic N) is 1. The van der Waals surface area contributed by atoms with E-state index in [2.05, 4.69) is 5.32 Å². The third kappa shape index (κ3) is 4.83. The highest BCUT2D eigenvalue weighted by atomic mass is 127. The van der Waals surface area contributed by atoms with Gasteiger partial charge in [-0.15, -0.1) is 0 Å². The topological polar surface area (TPSA) is 88.1 Å². The van der Waals surface area contributed by atoms with Crippen molar-refractivity contribution in [3.63, 3.8) is 0 Å². The van der Waals surface area contributed by atoms with Gasteiger partial charge in [0, 0.05) is 0 Å². The Morgan fingerprint density at radius 3 is 2.36 bits per heavy atom. The molecule has 9 heteroatoms. The van der Waals surface area contributed by atoms with Crippen LogP contribution >= 0.6 is 34.8 Å². The van der Waals surface area contributed by atoms with Gasteiger partial charge < -0.3 is 14.6 Å². The Morgan fingerprint density at radius 2 is 1.70 bits per heavy atom. The first kappa shape index (κ1) is 22.7. The summed E-state index contributed by atoms with van der Waals surface area (Å²) in [4.78, 5) is 27.0. The van der Waals surface area contributed by atoms with E-state index < -0.39 is 11.8 Å². The molecule has 1 heterocycles. The lowest BCUT2D eigenvalue weighted by Crippen LogP contribution is -2.54. The van der Waals surface area contributed by atoms with E-state index in [1.807, 2.05) is 52.9 Å². The highest BCUT2D eigenvalue weighted by Crippen LogP contribution is 2.34. The summed E-state index contributed by atoms with van der Waals surface area (Å²) in [6.45, 7) is 0. The number of halogens is 1. The van der Waals surface area contributed by atoms with Crippen LogP contribution in [0, 0.1) is 3.57 Å². The predicted octanol–water partition coefficient (Wildman–Crippen LogP) is 4.63. The van der Waals surface area contributed by atoms with Crippen molar-refractivity contribution in [1.82, 2.24) is 5.32 Å². The zero-order valence-electron chi connectivity index (χ0n) is 17.2. The van der Waals surface area contributed by atoms with E-state index >= 15 is 0 Å². The van der Waals surface area contributed by atoms with Crippen molar-refractivity contribution in [2.24, 2.45) is 0 Å². The molecule has 4 rings (SSSR count). The molecule has 1 fully saturated rings. The van der Waals surface area contributed by atoms with Crippen LogP contribution in [0.5, 0.6) is 23.0 Å². The summed E-state index contributed by atoms with van der Waals surface area (Å²) >= 11 is 7.20. The summed E-state index contributed by atoms with van der Waals surface area (Å²) in [7, 11) is 1.42. The number of methoxy groups -OCH3 is 1. The monoisotopic (exact) mass is 572 g/mol. The van der Waals surface area contributed by atoms with E-state index in [4.69, 9.17) is 21.7 Å². The molecule has 0 atom stereocenters. The molecule has 0 saturated carbocycles. The molecule has 0 aromatic heterocycles. The molecule has 166 valence electrons. The van der Waals surface area contributed by atoms with Crippen LogP contribution in [0.3, 0.4) is 0 Å². The maximum atomic E-state index is 13.2. The molecule has 1 aliphatic heterocycles. The third-order valence-corrected chi connectivity index (χ3v) is 5.86. The maximum absolute atomic E-state index is 13.2. The average molecular weight is 572 g/mol. The molecule has 2 N–H and O–H groups in total. The largest absolute Gasteiger partial charge is 0.504 e. The lowest BCUT2D eigenvalue weighted by molar-refractivity contribution is -0.122. The van der Waals surface area contributed by atoms with Crippen molar-refractivity contribution in [1.29, 1.82) is 0 Å². The number of aromatic hydroxyl groups is 1. The second-order valence-corrected chi connectivity index (χ2v) is 8.47. The Labute approximate surface area is 208 Å². The van der Waals surface area contributed by atoms with E-state index in [0.717, 1.165) is 0 Å². The SMILES string of the molecule is COc1cc(C=C2C(=O)NC(=S)N(c3ccc(Oc4ccccc4)cc3)C2=O)cc(I)c1O. The molecule has 0 unspecified atom stereocenters. The van der Waals surface area contributed by atoms with Gasteiger partial charge in [-0.25, -0.2) is 0 Å². The van der Waals surface area contributed by atoms with Gasteiger partial charge in [0.1, 0.15) is 17.1 Å². The average Bonchev–Trinajstić information content (AvgIpc) is 2.80. The molecular formula is C24H17IN2O5S. The molecule has 2 amide bonds. The zero-order chi connectivity index (χ0) is 23.5. The third-order valence-electron chi connectivity index (χ3n) is 4.76. The molecular weight excluding hydrogens is 555 g/mol. The Balaban J connectivity index is 1.63. The molecule has 0 spiro atoms. The summed E-state index contributed by atoms with van der Waals surface area (Å²) < 4.78 is 11.5. The number of amides is 2. The van der Waals surface area contributed by atoms with E-state index in [1.165, 1.54) is 24.2 Å². The minimum absolute atomic E-state index is 0.0136. The number of rotatable bonds is 5. The van der Waals surface area contributed by atoms with Gasteiger partial charge in [-0.1, -0.05) is 18.2 Å². The van der Waals surface area contributed by atoms with Crippen LogP contribution in [0.15, 0.2) is 72.3 Å². The van der Waals surface area contributed by atoms with Crippen LogP contribution in [-0.2, 0) is 9.59 Å². The van der Waals surface area contributed by atoms with Crippen molar-refractivity contribution in [2.45, 2.75) is 0 Å². The Morgan fingerprint density at radius 1 is 1.03 bits per heavy atom. The van der Waals surface area contributed by atoms with Crippen LogP contribution in [0.4, 0.5) is 5.69 Å². The number of hydrogen-bond acceptors (Lipinski definition) is 6. The van der Waals surface area contributed by atoms with Crippen LogP contribution in [0.1, 0.15) is 5.56 Å². The number of phenols is 1. The first-order valence-electron chi connectivity index (χ1n) is 9.68. The van der Waals surface area contributed by atoms with Gasteiger partial charge in [-0.05, 0) is 95.0 Å². The number of nitrogens with one attached hydrogen (secondary N) is 1. The van der Waals surface area contributed by atoms with Gasteiger partial charge >= 0.3 is 0 Å². The molecule has 33 heavy (non-hydrogen) atoms. The number of hydrogen-bond donors (Lipinski definition) is 2. The number of carbonyl (C=O) groups is 2. The first-order valence-corrected chi connectivity index (χ1v) is 11.2. The van der Waals surface area contributed by atoms with Gasteiger partial charge in [0.25, 0.3) is 11.8 Å². The number of benzene rings is 3. The van der Waals surface area contributed by atoms with Crippen molar-refractivity contribution >= 4 is 63.5 Å². The normalized spacial score (nSPS) is 14.9. The standard InChI is InChI=1S/C24H17IN2O5S/c1-31-20-13-14(12-19(25)21(20)28)11-18-22(29)26-24(33)27(23(18)30)15-7-9-17(10-8-15)32-16-5-3-2-4-6-16/h2-13,28H,1H3,(H,26,29,33). The Hall–Kier alpha value is -3.44. The molecule has 3 aromatic carbocycles. The fourth-order valence-electron chi connectivity index (χ4n) is 3.18. The van der Waals surface area contributed by atoms with E-state index in [0.29, 0.717) is 26.3 Å². The molecule has 0 bridgehead atoms. The van der Waals surface area contributed by atoms with Crippen molar-refractivity contribution in [3.8, 4) is 23.0 Å². The summed E-state index contributed by atoms with van der Waals surface area (Å²) in [5.74, 6) is 0.325. The second-order valence-electron chi connectivity index (χ2n) is 6.92. The summed E-state index contributed by atoms with van der Waals surface area (Å²) in [6, 6.07) is 19.3. The van der Waals surface area contributed by atoms with Crippen LogP contribution in [0.25, 0.3) is 6.08 Å². The zero-order valence-corrected chi connectivity index (χ0v) is 20.2. The molecule has 1 saturated heterocycles. The molecule has 1 aliphatic rings. The van der Waals surface area contributed by atoms with Gasteiger partial charge in [-0.2, -0.15) is 0 Å². The number of carbonyl (C=O) groups excluding carboxylic acids is 2. The van der Waals surface area contributed by atoms with Crippen molar-refractivity contribution in [3.05, 3.63) is 81.4 Å². The number of phenolic OH excluding ortho intramolecular Hbond substituents is 1. The van der Waals surface area contributed by atoms with Gasteiger partial charge in [0.05, 0.1) is 16.4 Å². The fraction of sp³-hybridized carbons (Fsp3) is 0.0417. The summed E-state index contributed by atoms with van der Waals surface area (Å²) in [5.41, 5.74) is 0.901. The molecule has 3 aromatic rings. The number of anilines is 1. The molecule has 0 radical (unpaired) electrons. The smallest absolute Gasteiger partial charge is 0.270 e. The lowest BCUT2D eigenvalue weighted by atomic mass is 10.1. The summed E-state index contributed by atoms with van der Waals surface area (Å²) in [5, 5.41) is 12.6. The lowest BCUT2D eigenvalue weighted by Gasteiger charge is -2.29. The van der Waals surface area contributed by atoms with Crippen molar-refractivity contribution in [2.75, 3.05) is 12.0 Å². The fourth-order valence-corrected chi connectivity index (χ4v) is 4.09. The van der Waals surface area contributed by atoms with Gasteiger partial charge in [-0.3, -0.25) is 19.8 Å². The molecule has 7 nitrogen and oxygen atoms in total. The van der Waals surface area contributed by atoms with Crippen LogP contribution < -0.4 is 19.7 Å². The van der Waals surface area contributed by atoms with Crippen LogP contribution in [-0.4, -0.2) is 29.1 Å².